The van der Waals surface area contributed by atoms with Crippen LogP contribution in [0.25, 0.3) is 0 Å². The summed E-state index contributed by atoms with van der Waals surface area (Å²) in [6, 6.07) is 11.4. The molecule has 1 N–H and O–H groups in total. The number of nitrogens with zero attached hydrogens (tertiary/aromatic N) is 2. The Labute approximate surface area is 167 Å². The molecule has 0 unspecified atom stereocenters. The average Bonchev–Trinajstić information content (AvgIpc) is 2.96. The highest BCUT2D eigenvalue weighted by Crippen LogP contribution is 2.31. The summed E-state index contributed by atoms with van der Waals surface area (Å²) in [4.78, 5) is 48.8. The average molecular weight is 395 g/mol. The first kappa shape index (κ1) is 20.2. The molecular formula is C21H21N3O5. The van der Waals surface area contributed by atoms with Gasteiger partial charge in [-0.1, -0.05) is 38.1 Å². The molecule has 8 heteroatoms. The minimum Gasteiger partial charge on any atom is -0.326 e. The number of anilines is 1. The number of nitrogens with one attached hydrogen (secondary N) is 1. The van der Waals surface area contributed by atoms with Gasteiger partial charge in [-0.2, -0.15) is 0 Å². The van der Waals surface area contributed by atoms with Crippen molar-refractivity contribution in [2.75, 3.05) is 11.9 Å². The van der Waals surface area contributed by atoms with E-state index in [1.807, 2.05) is 24.3 Å². The SMILES string of the molecule is CC[C@H](C)c1ccccc1NC(=O)CCN1C(=O)c2cccc([N+](=O)[O-])c2C1=O. The number of carbonyl (C=O) groups is 3. The Kier molecular flexibility index (Phi) is 5.72. The number of hydrogen-bond donors (Lipinski definition) is 1. The molecule has 0 spiro atoms. The predicted molar refractivity (Wildman–Crippen MR) is 107 cm³/mol. The van der Waals surface area contributed by atoms with E-state index in [4.69, 9.17) is 0 Å². The van der Waals surface area contributed by atoms with E-state index in [0.29, 0.717) is 5.69 Å². The molecular weight excluding hydrogens is 374 g/mol. The van der Waals surface area contributed by atoms with Crippen LogP contribution in [0.2, 0.25) is 0 Å². The van der Waals surface area contributed by atoms with E-state index >= 15 is 0 Å². The van der Waals surface area contributed by atoms with Gasteiger partial charge in [-0.05, 0) is 30.0 Å². The fourth-order valence-electron chi connectivity index (χ4n) is 3.36. The van der Waals surface area contributed by atoms with Crippen LogP contribution >= 0.6 is 0 Å². The first-order chi connectivity index (χ1) is 13.8. The zero-order valence-corrected chi connectivity index (χ0v) is 16.2. The van der Waals surface area contributed by atoms with Gasteiger partial charge in [-0.15, -0.1) is 0 Å². The number of amides is 3. The van der Waals surface area contributed by atoms with Crippen LogP contribution in [0.4, 0.5) is 11.4 Å². The molecule has 0 bridgehead atoms. The number of imide groups is 1. The fourth-order valence-corrected chi connectivity index (χ4v) is 3.36. The molecule has 0 radical (unpaired) electrons. The van der Waals surface area contributed by atoms with Crippen molar-refractivity contribution in [2.45, 2.75) is 32.6 Å². The van der Waals surface area contributed by atoms with Gasteiger partial charge in [-0.25, -0.2) is 0 Å². The molecule has 0 aromatic heterocycles. The molecule has 1 aliphatic heterocycles. The quantitative estimate of drug-likeness (QED) is 0.436. The van der Waals surface area contributed by atoms with Crippen LogP contribution < -0.4 is 5.32 Å². The van der Waals surface area contributed by atoms with Crippen LogP contribution in [0.5, 0.6) is 0 Å². The molecule has 3 rings (SSSR count). The summed E-state index contributed by atoms with van der Waals surface area (Å²) in [5.74, 6) is -1.44. The van der Waals surface area contributed by atoms with Crippen molar-refractivity contribution >= 4 is 29.1 Å². The summed E-state index contributed by atoms with van der Waals surface area (Å²) in [5.41, 5.74) is 1.08. The minimum atomic E-state index is -0.745. The lowest BCUT2D eigenvalue weighted by Gasteiger charge is -2.17. The van der Waals surface area contributed by atoms with Crippen molar-refractivity contribution in [2.24, 2.45) is 0 Å². The summed E-state index contributed by atoms with van der Waals surface area (Å²) in [5, 5.41) is 14.0. The van der Waals surface area contributed by atoms with E-state index in [1.165, 1.54) is 18.2 Å². The zero-order chi connectivity index (χ0) is 21.1. The molecule has 3 amide bonds. The van der Waals surface area contributed by atoms with Gasteiger partial charge in [0.15, 0.2) is 0 Å². The number of nitro benzene ring substituents is 1. The number of para-hydroxylation sites is 1. The third kappa shape index (κ3) is 3.87. The lowest BCUT2D eigenvalue weighted by molar-refractivity contribution is -0.385. The van der Waals surface area contributed by atoms with E-state index in [-0.39, 0.29) is 35.9 Å². The Morgan fingerprint density at radius 1 is 1.14 bits per heavy atom. The van der Waals surface area contributed by atoms with Crippen molar-refractivity contribution < 1.29 is 19.3 Å². The molecule has 0 saturated carbocycles. The number of fused-ring (bicyclic) bond motifs is 1. The number of benzene rings is 2. The molecule has 0 aliphatic carbocycles. The Hall–Kier alpha value is -3.55. The molecule has 8 nitrogen and oxygen atoms in total. The van der Waals surface area contributed by atoms with Crippen molar-refractivity contribution in [3.05, 3.63) is 69.3 Å². The van der Waals surface area contributed by atoms with Gasteiger partial charge in [-0.3, -0.25) is 29.4 Å². The Morgan fingerprint density at radius 2 is 1.86 bits per heavy atom. The molecule has 2 aromatic carbocycles. The molecule has 1 atom stereocenters. The maximum Gasteiger partial charge on any atom is 0.282 e. The third-order valence-electron chi connectivity index (χ3n) is 5.11. The van der Waals surface area contributed by atoms with Gasteiger partial charge < -0.3 is 5.32 Å². The third-order valence-corrected chi connectivity index (χ3v) is 5.11. The highest BCUT2D eigenvalue weighted by atomic mass is 16.6. The maximum atomic E-state index is 12.6. The van der Waals surface area contributed by atoms with Crippen LogP contribution in [0.15, 0.2) is 42.5 Å². The topological polar surface area (TPSA) is 110 Å². The summed E-state index contributed by atoms with van der Waals surface area (Å²) >= 11 is 0. The van der Waals surface area contributed by atoms with E-state index in [0.717, 1.165) is 16.9 Å². The summed E-state index contributed by atoms with van der Waals surface area (Å²) in [6.07, 6.45) is 0.814. The number of hydrogen-bond acceptors (Lipinski definition) is 5. The highest BCUT2D eigenvalue weighted by Gasteiger charge is 2.40. The second-order valence-electron chi connectivity index (χ2n) is 6.91. The molecule has 0 saturated heterocycles. The minimum absolute atomic E-state index is 0.00766. The molecule has 1 heterocycles. The van der Waals surface area contributed by atoms with Crippen LogP contribution in [0, 0.1) is 10.1 Å². The van der Waals surface area contributed by atoms with Crippen LogP contribution in [0.1, 0.15) is 58.9 Å². The summed E-state index contributed by atoms with van der Waals surface area (Å²) in [7, 11) is 0. The Bertz CT molecular complexity index is 1000. The van der Waals surface area contributed by atoms with Crippen molar-refractivity contribution in [1.29, 1.82) is 0 Å². The van der Waals surface area contributed by atoms with Gasteiger partial charge in [0.1, 0.15) is 5.56 Å². The van der Waals surface area contributed by atoms with Gasteiger partial charge in [0.05, 0.1) is 10.5 Å². The van der Waals surface area contributed by atoms with Crippen LogP contribution in [0.3, 0.4) is 0 Å². The molecule has 29 heavy (non-hydrogen) atoms. The lowest BCUT2D eigenvalue weighted by atomic mass is 9.97. The molecule has 150 valence electrons. The predicted octanol–water partition coefficient (Wildman–Crippen LogP) is 3.73. The fraction of sp³-hybridized carbons (Fsp3) is 0.286. The number of rotatable bonds is 7. The molecule has 1 aliphatic rings. The Balaban J connectivity index is 1.71. The normalized spacial score (nSPS) is 13.9. The molecule has 0 fully saturated rings. The second kappa shape index (κ2) is 8.22. The standard InChI is InChI=1S/C21H21N3O5/c1-3-13(2)14-7-4-5-9-16(14)22-18(25)11-12-23-20(26)15-8-6-10-17(24(28)29)19(15)21(23)27/h4-10,13H,3,11-12H2,1-2H3,(H,22,25)/t13-/m0/s1. The van der Waals surface area contributed by atoms with Gasteiger partial charge in [0, 0.05) is 24.7 Å². The van der Waals surface area contributed by atoms with Crippen molar-refractivity contribution in [3.63, 3.8) is 0 Å². The van der Waals surface area contributed by atoms with E-state index in [1.54, 1.807) is 0 Å². The smallest absolute Gasteiger partial charge is 0.282 e. The van der Waals surface area contributed by atoms with E-state index < -0.39 is 22.4 Å². The van der Waals surface area contributed by atoms with Crippen molar-refractivity contribution in [1.82, 2.24) is 4.90 Å². The molecule has 2 aromatic rings. The Morgan fingerprint density at radius 3 is 2.55 bits per heavy atom. The van der Waals surface area contributed by atoms with Crippen LogP contribution in [-0.2, 0) is 4.79 Å². The largest absolute Gasteiger partial charge is 0.326 e. The van der Waals surface area contributed by atoms with Gasteiger partial charge in [0.25, 0.3) is 17.5 Å². The van der Waals surface area contributed by atoms with E-state index in [2.05, 4.69) is 19.2 Å². The first-order valence-corrected chi connectivity index (χ1v) is 9.37. The highest BCUT2D eigenvalue weighted by molar-refractivity contribution is 6.23. The van der Waals surface area contributed by atoms with Gasteiger partial charge in [0.2, 0.25) is 5.91 Å². The van der Waals surface area contributed by atoms with Gasteiger partial charge >= 0.3 is 0 Å². The summed E-state index contributed by atoms with van der Waals surface area (Å²) < 4.78 is 0. The van der Waals surface area contributed by atoms with Crippen molar-refractivity contribution in [3.8, 4) is 0 Å². The number of carbonyl (C=O) groups excluding carboxylic acids is 3. The zero-order valence-electron chi connectivity index (χ0n) is 16.2. The maximum absolute atomic E-state index is 12.6. The summed E-state index contributed by atoms with van der Waals surface area (Å²) in [6.45, 7) is 3.97. The first-order valence-electron chi connectivity index (χ1n) is 9.37. The monoisotopic (exact) mass is 395 g/mol. The number of nitro groups is 1. The second-order valence-corrected chi connectivity index (χ2v) is 6.91. The van der Waals surface area contributed by atoms with Crippen LogP contribution in [-0.4, -0.2) is 34.1 Å². The van der Waals surface area contributed by atoms with E-state index in [9.17, 15) is 24.5 Å². The lowest BCUT2D eigenvalue weighted by Crippen LogP contribution is -2.33.